The summed E-state index contributed by atoms with van der Waals surface area (Å²) in [5, 5.41) is 9.28. The first kappa shape index (κ1) is 21.0. The normalized spacial score (nSPS) is 10.3. The van der Waals surface area contributed by atoms with Gasteiger partial charge in [-0.15, -0.1) is 0 Å². The summed E-state index contributed by atoms with van der Waals surface area (Å²) < 4.78 is 10.1. The van der Waals surface area contributed by atoms with Gasteiger partial charge in [0.15, 0.2) is 6.61 Å². The Morgan fingerprint density at radius 2 is 2.00 bits per heavy atom. The van der Waals surface area contributed by atoms with Crippen molar-refractivity contribution in [3.8, 4) is 11.8 Å². The molecule has 2 rings (SSSR count). The van der Waals surface area contributed by atoms with E-state index in [0.717, 1.165) is 5.56 Å². The second kappa shape index (κ2) is 10.8. The van der Waals surface area contributed by atoms with E-state index in [1.165, 1.54) is 11.0 Å². The number of halogens is 1. The highest BCUT2D eigenvalue weighted by Crippen LogP contribution is 2.20. The molecule has 144 valence electrons. The van der Waals surface area contributed by atoms with Gasteiger partial charge in [0.2, 0.25) is 0 Å². The fraction of sp³-hybridized carbons (Fsp3) is 0.190. The molecule has 0 spiro atoms. The van der Waals surface area contributed by atoms with Gasteiger partial charge >= 0.3 is 5.97 Å². The van der Waals surface area contributed by atoms with Crippen molar-refractivity contribution < 1.29 is 19.1 Å². The molecule has 0 N–H and O–H groups in total. The average molecular weight is 399 g/mol. The van der Waals surface area contributed by atoms with Gasteiger partial charge in [-0.05, 0) is 42.0 Å². The first-order valence-corrected chi connectivity index (χ1v) is 8.83. The van der Waals surface area contributed by atoms with Crippen LogP contribution in [0.25, 0.3) is 6.08 Å². The number of nitriles is 1. The fourth-order valence-electron chi connectivity index (χ4n) is 2.37. The first-order valence-electron chi connectivity index (χ1n) is 8.45. The highest BCUT2D eigenvalue weighted by molar-refractivity contribution is 6.30. The van der Waals surface area contributed by atoms with Crippen LogP contribution in [0.2, 0.25) is 5.02 Å². The third-order valence-corrected chi connectivity index (χ3v) is 3.95. The molecular weight excluding hydrogens is 380 g/mol. The summed E-state index contributed by atoms with van der Waals surface area (Å²) in [5.41, 5.74) is 1.30. The van der Waals surface area contributed by atoms with E-state index < -0.39 is 18.5 Å². The molecule has 2 aromatic rings. The van der Waals surface area contributed by atoms with E-state index in [1.54, 1.807) is 61.7 Å². The second-order valence-electron chi connectivity index (χ2n) is 5.65. The van der Waals surface area contributed by atoms with Crippen molar-refractivity contribution in [2.75, 3.05) is 25.2 Å². The van der Waals surface area contributed by atoms with Crippen LogP contribution in [-0.4, -0.2) is 32.1 Å². The Hall–Kier alpha value is -3.30. The molecule has 28 heavy (non-hydrogen) atoms. The van der Waals surface area contributed by atoms with Crippen molar-refractivity contribution in [2.24, 2.45) is 0 Å². The largest absolute Gasteiger partial charge is 0.497 e. The van der Waals surface area contributed by atoms with E-state index >= 15 is 0 Å². The van der Waals surface area contributed by atoms with Crippen molar-refractivity contribution in [3.05, 3.63) is 65.2 Å². The number of methoxy groups -OCH3 is 1. The molecule has 0 bridgehead atoms. The molecule has 6 nitrogen and oxygen atoms in total. The molecule has 0 aliphatic heterocycles. The zero-order valence-corrected chi connectivity index (χ0v) is 16.1. The smallest absolute Gasteiger partial charge is 0.331 e. The standard InChI is InChI=1S/C21H19ClN2O4/c1-27-19-8-2-5-16(13-19)9-10-21(26)28-15-20(25)24(12-4-11-23)18-7-3-6-17(22)14-18/h2-3,5-10,13-14H,4,12,15H2,1H3/b10-9+. The molecular formula is C21H19ClN2O4. The molecule has 0 fully saturated rings. The molecule has 0 unspecified atom stereocenters. The van der Waals surface area contributed by atoms with Gasteiger partial charge in [-0.25, -0.2) is 4.79 Å². The lowest BCUT2D eigenvalue weighted by Gasteiger charge is -2.21. The zero-order valence-electron chi connectivity index (χ0n) is 15.3. The summed E-state index contributed by atoms with van der Waals surface area (Å²) in [6.45, 7) is -0.272. The number of hydrogen-bond acceptors (Lipinski definition) is 5. The first-order chi connectivity index (χ1) is 13.5. The highest BCUT2D eigenvalue weighted by atomic mass is 35.5. The van der Waals surface area contributed by atoms with Gasteiger partial charge in [-0.2, -0.15) is 5.26 Å². The van der Waals surface area contributed by atoms with Gasteiger partial charge in [0.1, 0.15) is 5.75 Å². The average Bonchev–Trinajstić information content (AvgIpc) is 2.71. The van der Waals surface area contributed by atoms with Crippen molar-refractivity contribution in [2.45, 2.75) is 6.42 Å². The Labute approximate surface area is 168 Å². The molecule has 7 heteroatoms. The van der Waals surface area contributed by atoms with E-state index in [1.807, 2.05) is 6.07 Å². The summed E-state index contributed by atoms with van der Waals surface area (Å²) in [7, 11) is 1.56. The second-order valence-corrected chi connectivity index (χ2v) is 6.09. The molecule has 0 saturated carbocycles. The zero-order chi connectivity index (χ0) is 20.4. The summed E-state index contributed by atoms with van der Waals surface area (Å²) in [6.07, 6.45) is 2.95. The van der Waals surface area contributed by atoms with E-state index in [9.17, 15) is 9.59 Å². The number of nitrogens with zero attached hydrogens (tertiary/aromatic N) is 2. The number of carbonyl (C=O) groups is 2. The van der Waals surface area contributed by atoms with Gasteiger partial charge < -0.3 is 14.4 Å². The predicted octanol–water partition coefficient (Wildman–Crippen LogP) is 3.85. The number of amides is 1. The minimum absolute atomic E-state index is 0.141. The third-order valence-electron chi connectivity index (χ3n) is 3.71. The van der Waals surface area contributed by atoms with E-state index in [4.69, 9.17) is 26.3 Å². The van der Waals surface area contributed by atoms with E-state index in [2.05, 4.69) is 0 Å². The van der Waals surface area contributed by atoms with Crippen LogP contribution in [0.15, 0.2) is 54.6 Å². The van der Waals surface area contributed by atoms with Crippen LogP contribution in [-0.2, 0) is 14.3 Å². The van der Waals surface area contributed by atoms with E-state index in [-0.39, 0.29) is 13.0 Å². The number of carbonyl (C=O) groups excluding carboxylic acids is 2. The van der Waals surface area contributed by atoms with Crippen LogP contribution in [0.3, 0.4) is 0 Å². The Morgan fingerprint density at radius 1 is 1.21 bits per heavy atom. The Balaban J connectivity index is 1.98. The summed E-state index contributed by atoms with van der Waals surface area (Å²) in [6, 6.07) is 15.8. The highest BCUT2D eigenvalue weighted by Gasteiger charge is 2.17. The van der Waals surface area contributed by atoms with Crippen molar-refractivity contribution in [1.29, 1.82) is 5.26 Å². The SMILES string of the molecule is COc1cccc(/C=C/C(=O)OCC(=O)N(CCC#N)c2cccc(Cl)c2)c1. The topological polar surface area (TPSA) is 79.6 Å². The lowest BCUT2D eigenvalue weighted by molar-refractivity contribution is -0.142. The molecule has 0 aliphatic carbocycles. The third kappa shape index (κ3) is 6.45. The maximum absolute atomic E-state index is 12.5. The van der Waals surface area contributed by atoms with Crippen molar-refractivity contribution in [1.82, 2.24) is 0 Å². The van der Waals surface area contributed by atoms with Crippen molar-refractivity contribution in [3.63, 3.8) is 0 Å². The molecule has 2 aromatic carbocycles. The lowest BCUT2D eigenvalue weighted by Crippen LogP contribution is -2.35. The van der Waals surface area contributed by atoms with Crippen LogP contribution in [0.4, 0.5) is 5.69 Å². The Kier molecular flexibility index (Phi) is 8.07. The molecule has 0 heterocycles. The van der Waals surface area contributed by atoms with Gasteiger partial charge in [0, 0.05) is 23.3 Å². The number of anilines is 1. The lowest BCUT2D eigenvalue weighted by atomic mass is 10.2. The summed E-state index contributed by atoms with van der Waals surface area (Å²) >= 11 is 5.97. The van der Waals surface area contributed by atoms with Crippen LogP contribution in [0, 0.1) is 11.3 Å². The number of rotatable bonds is 8. The fourth-order valence-corrected chi connectivity index (χ4v) is 2.56. The maximum atomic E-state index is 12.5. The van der Waals surface area contributed by atoms with Gasteiger partial charge in [-0.1, -0.05) is 29.8 Å². The monoisotopic (exact) mass is 398 g/mol. The molecule has 0 saturated heterocycles. The maximum Gasteiger partial charge on any atom is 0.331 e. The number of hydrogen-bond donors (Lipinski definition) is 0. The number of benzene rings is 2. The van der Waals surface area contributed by atoms with Crippen molar-refractivity contribution >= 4 is 35.2 Å². The number of ether oxygens (including phenoxy) is 2. The van der Waals surface area contributed by atoms with Gasteiger partial charge in [0.05, 0.1) is 19.6 Å². The molecule has 0 aliphatic rings. The van der Waals surface area contributed by atoms with E-state index in [0.29, 0.717) is 16.5 Å². The molecule has 0 radical (unpaired) electrons. The summed E-state index contributed by atoms with van der Waals surface area (Å²) in [5.74, 6) is -0.427. The number of esters is 1. The minimum atomic E-state index is -0.650. The van der Waals surface area contributed by atoms with Crippen LogP contribution >= 0.6 is 11.6 Å². The molecule has 0 atom stereocenters. The molecule has 1 amide bonds. The van der Waals surface area contributed by atoms with Crippen LogP contribution in [0.1, 0.15) is 12.0 Å². The summed E-state index contributed by atoms with van der Waals surface area (Å²) in [4.78, 5) is 25.8. The van der Waals surface area contributed by atoms with Crippen LogP contribution < -0.4 is 9.64 Å². The van der Waals surface area contributed by atoms with Gasteiger partial charge in [-0.3, -0.25) is 4.79 Å². The Morgan fingerprint density at radius 3 is 2.71 bits per heavy atom. The van der Waals surface area contributed by atoms with Crippen LogP contribution in [0.5, 0.6) is 5.75 Å². The molecule has 0 aromatic heterocycles. The Bertz CT molecular complexity index is 905. The van der Waals surface area contributed by atoms with Gasteiger partial charge in [0.25, 0.3) is 5.91 Å². The quantitative estimate of drug-likeness (QED) is 0.498. The predicted molar refractivity (Wildman–Crippen MR) is 107 cm³/mol. The minimum Gasteiger partial charge on any atom is -0.497 e.